The topological polar surface area (TPSA) is 95.9 Å². The number of ether oxygens (including phenoxy) is 1. The third-order valence-electron chi connectivity index (χ3n) is 3.62. The number of β-lactam (4-membered cyclic amide) rings is 1. The fourth-order valence-corrected chi connectivity index (χ4v) is 4.15. The fraction of sp³-hybridized carbons (Fsp3) is 0.267. The van der Waals surface area contributed by atoms with Crippen LogP contribution in [-0.4, -0.2) is 51.6 Å². The number of hydrogen-bond acceptors (Lipinski definition) is 5. The molecule has 2 atom stereocenters. The van der Waals surface area contributed by atoms with Gasteiger partial charge < -0.3 is 15.2 Å². The Labute approximate surface area is 156 Å². The highest BCUT2D eigenvalue weighted by Gasteiger charge is 2.54. The molecule has 0 bridgehead atoms. The van der Waals surface area contributed by atoms with Crippen molar-refractivity contribution in [2.24, 2.45) is 0 Å². The van der Waals surface area contributed by atoms with Gasteiger partial charge in [-0.1, -0.05) is 23.2 Å². The summed E-state index contributed by atoms with van der Waals surface area (Å²) in [4.78, 5) is 36.5. The number of nitrogens with zero attached hydrogens (tertiary/aromatic N) is 1. The number of carbonyl (C=O) groups excluding carboxylic acids is 2. The van der Waals surface area contributed by atoms with E-state index in [-0.39, 0.29) is 23.1 Å². The lowest BCUT2D eigenvalue weighted by Crippen LogP contribution is -2.70. The van der Waals surface area contributed by atoms with Crippen LogP contribution in [0, 0.1) is 0 Å². The van der Waals surface area contributed by atoms with Crippen LogP contribution in [0.4, 0.5) is 0 Å². The van der Waals surface area contributed by atoms with Crippen molar-refractivity contribution in [3.63, 3.8) is 0 Å². The van der Waals surface area contributed by atoms with Gasteiger partial charge in [0, 0.05) is 10.8 Å². The lowest BCUT2D eigenvalue weighted by molar-refractivity contribution is -0.150. The number of nitrogens with one attached hydrogen (secondary N) is 1. The Morgan fingerprint density at radius 1 is 1.32 bits per heavy atom. The number of rotatable bonds is 5. The van der Waals surface area contributed by atoms with Gasteiger partial charge in [-0.2, -0.15) is 0 Å². The first kappa shape index (κ1) is 17.9. The highest BCUT2D eigenvalue weighted by Crippen LogP contribution is 2.41. The molecule has 0 aliphatic carbocycles. The van der Waals surface area contributed by atoms with E-state index in [0.29, 0.717) is 10.8 Å². The number of fused-ring (bicyclic) bond motifs is 1. The normalized spacial score (nSPS) is 22.2. The maximum absolute atomic E-state index is 12.2. The van der Waals surface area contributed by atoms with Crippen molar-refractivity contribution < 1.29 is 24.2 Å². The zero-order chi connectivity index (χ0) is 18.1. The van der Waals surface area contributed by atoms with Gasteiger partial charge in [-0.15, -0.1) is 11.8 Å². The molecule has 25 heavy (non-hydrogen) atoms. The molecule has 1 aromatic rings. The zero-order valence-corrected chi connectivity index (χ0v) is 14.9. The summed E-state index contributed by atoms with van der Waals surface area (Å²) in [5.74, 6) is -1.51. The molecular weight excluding hydrogens is 391 g/mol. The Bertz CT molecular complexity index is 768. The molecule has 2 amide bonds. The van der Waals surface area contributed by atoms with E-state index in [1.54, 1.807) is 24.3 Å². The van der Waals surface area contributed by atoms with Crippen molar-refractivity contribution in [3.8, 4) is 5.75 Å². The fourth-order valence-electron chi connectivity index (χ4n) is 2.48. The van der Waals surface area contributed by atoms with Gasteiger partial charge in [-0.05, 0) is 24.3 Å². The van der Waals surface area contributed by atoms with Gasteiger partial charge in [0.05, 0.1) is 5.03 Å². The van der Waals surface area contributed by atoms with Crippen molar-refractivity contribution in [2.75, 3.05) is 12.4 Å². The van der Waals surface area contributed by atoms with Gasteiger partial charge in [0.15, 0.2) is 6.61 Å². The lowest BCUT2D eigenvalue weighted by atomic mass is 10.1. The molecule has 3 rings (SSSR count). The summed E-state index contributed by atoms with van der Waals surface area (Å²) in [5, 5.41) is 11.9. The molecule has 0 radical (unpaired) electrons. The number of halogens is 2. The van der Waals surface area contributed by atoms with E-state index in [2.05, 4.69) is 5.32 Å². The number of benzene rings is 1. The maximum atomic E-state index is 12.2. The maximum Gasteiger partial charge on any atom is 0.353 e. The largest absolute Gasteiger partial charge is 0.484 e. The van der Waals surface area contributed by atoms with Crippen LogP contribution >= 0.6 is 35.0 Å². The minimum atomic E-state index is -1.26. The quantitative estimate of drug-likeness (QED) is 0.726. The molecule has 1 fully saturated rings. The average Bonchev–Trinajstić information content (AvgIpc) is 2.58. The third-order valence-corrected chi connectivity index (χ3v) is 5.63. The molecule has 0 spiro atoms. The standard InChI is InChI=1S/C15H12Cl2N2O5S/c16-7-1-3-8(4-2-7)24-5-10(20)18-11-13(21)19-12(15(22)23)9(17)6-25-14(11)19/h1-4,11,14H,5-6H2,(H,18,20)(H,22,23)/t11-,14-/m1/s1. The van der Waals surface area contributed by atoms with Gasteiger partial charge in [-0.3, -0.25) is 14.5 Å². The van der Waals surface area contributed by atoms with Crippen LogP contribution in [0.1, 0.15) is 0 Å². The van der Waals surface area contributed by atoms with Crippen LogP contribution in [0.15, 0.2) is 35.0 Å². The van der Waals surface area contributed by atoms with Crippen molar-refractivity contribution in [1.82, 2.24) is 10.2 Å². The number of hydrogen-bond donors (Lipinski definition) is 2. The van der Waals surface area contributed by atoms with Gasteiger partial charge >= 0.3 is 5.97 Å². The van der Waals surface area contributed by atoms with Gasteiger partial charge in [-0.25, -0.2) is 4.79 Å². The summed E-state index contributed by atoms with van der Waals surface area (Å²) >= 11 is 12.9. The molecule has 0 saturated carbocycles. The minimum Gasteiger partial charge on any atom is -0.484 e. The summed E-state index contributed by atoms with van der Waals surface area (Å²) in [7, 11) is 0. The molecule has 2 aliphatic rings. The summed E-state index contributed by atoms with van der Waals surface area (Å²) in [5.41, 5.74) is -0.224. The SMILES string of the molecule is O=C(COc1ccc(Cl)cc1)N[C@@H]1C(=O)N2C(C(=O)O)=C(Cl)CS[C@H]12. The van der Waals surface area contributed by atoms with Crippen molar-refractivity contribution in [3.05, 3.63) is 40.0 Å². The first-order valence-corrected chi connectivity index (χ1v) is 8.93. The molecule has 1 aromatic carbocycles. The predicted octanol–water partition coefficient (Wildman–Crippen LogP) is 1.65. The number of amides is 2. The van der Waals surface area contributed by atoms with Gasteiger partial charge in [0.2, 0.25) is 0 Å². The summed E-state index contributed by atoms with van der Waals surface area (Å²) in [6.07, 6.45) is 0. The Hall–Kier alpha value is -1.90. The predicted molar refractivity (Wildman–Crippen MR) is 92.5 cm³/mol. The molecule has 0 unspecified atom stereocenters. The van der Waals surface area contributed by atoms with Crippen LogP contribution < -0.4 is 10.1 Å². The van der Waals surface area contributed by atoms with Crippen LogP contribution in [0.2, 0.25) is 5.02 Å². The smallest absolute Gasteiger partial charge is 0.353 e. The van der Waals surface area contributed by atoms with Gasteiger partial charge in [0.25, 0.3) is 11.8 Å². The molecule has 2 N–H and O–H groups in total. The molecule has 10 heteroatoms. The highest BCUT2D eigenvalue weighted by atomic mass is 35.5. The lowest BCUT2D eigenvalue weighted by Gasteiger charge is -2.48. The van der Waals surface area contributed by atoms with Gasteiger partial charge in [0.1, 0.15) is 22.9 Å². The number of carboxylic acids is 1. The van der Waals surface area contributed by atoms with E-state index in [1.165, 1.54) is 11.8 Å². The van der Waals surface area contributed by atoms with E-state index in [4.69, 9.17) is 27.9 Å². The molecule has 0 aromatic heterocycles. The van der Waals surface area contributed by atoms with Crippen molar-refractivity contribution >= 4 is 52.7 Å². The van der Waals surface area contributed by atoms with E-state index in [1.807, 2.05) is 0 Å². The Morgan fingerprint density at radius 2 is 2.00 bits per heavy atom. The zero-order valence-electron chi connectivity index (χ0n) is 12.6. The van der Waals surface area contributed by atoms with E-state index in [9.17, 15) is 19.5 Å². The summed E-state index contributed by atoms with van der Waals surface area (Å²) in [6.45, 7) is -0.273. The van der Waals surface area contributed by atoms with Crippen LogP contribution in [0.25, 0.3) is 0 Å². The van der Waals surface area contributed by atoms with Crippen molar-refractivity contribution in [2.45, 2.75) is 11.4 Å². The molecule has 1 saturated heterocycles. The monoisotopic (exact) mass is 402 g/mol. The number of carbonyl (C=O) groups is 3. The Kier molecular flexibility index (Phi) is 5.12. The van der Waals surface area contributed by atoms with Crippen molar-refractivity contribution in [1.29, 1.82) is 0 Å². The molecule has 2 heterocycles. The second-order valence-corrected chi connectivity index (χ2v) is 7.25. The third kappa shape index (κ3) is 3.56. The van der Waals surface area contributed by atoms with Crippen LogP contribution in [-0.2, 0) is 14.4 Å². The highest BCUT2D eigenvalue weighted by molar-refractivity contribution is 8.00. The molecule has 2 aliphatic heterocycles. The number of aliphatic carboxylic acids is 1. The van der Waals surface area contributed by atoms with E-state index < -0.39 is 29.2 Å². The van der Waals surface area contributed by atoms with Crippen LogP contribution in [0.3, 0.4) is 0 Å². The summed E-state index contributed by atoms with van der Waals surface area (Å²) < 4.78 is 5.31. The second kappa shape index (κ2) is 7.15. The Balaban J connectivity index is 1.58. The number of carboxylic acid groups (broad SMARTS) is 1. The Morgan fingerprint density at radius 3 is 2.64 bits per heavy atom. The van der Waals surface area contributed by atoms with E-state index >= 15 is 0 Å². The second-order valence-electron chi connectivity index (χ2n) is 5.26. The van der Waals surface area contributed by atoms with E-state index in [0.717, 1.165) is 4.90 Å². The first-order chi connectivity index (χ1) is 11.9. The molecule has 132 valence electrons. The van der Waals surface area contributed by atoms with Crippen LogP contribution in [0.5, 0.6) is 5.75 Å². The first-order valence-electron chi connectivity index (χ1n) is 7.13. The molecule has 7 nitrogen and oxygen atoms in total. The molecular formula is C15H12Cl2N2O5S. The minimum absolute atomic E-state index is 0.109. The average molecular weight is 403 g/mol. The number of thioether (sulfide) groups is 1. The summed E-state index contributed by atoms with van der Waals surface area (Å²) in [6, 6.07) is 5.70.